The fourth-order valence-electron chi connectivity index (χ4n) is 2.52. The predicted molar refractivity (Wildman–Crippen MR) is 103 cm³/mol. The van der Waals surface area contributed by atoms with Crippen molar-refractivity contribution in [3.05, 3.63) is 83.7 Å². The molecule has 0 fully saturated rings. The van der Waals surface area contributed by atoms with Crippen molar-refractivity contribution in [2.75, 3.05) is 12.4 Å². The molecule has 0 aliphatic rings. The summed E-state index contributed by atoms with van der Waals surface area (Å²) >= 11 is 0. The number of benzene rings is 2. The van der Waals surface area contributed by atoms with Crippen LogP contribution in [0.15, 0.2) is 66.9 Å². The Morgan fingerprint density at radius 1 is 1.00 bits per heavy atom. The number of pyridine rings is 1. The highest BCUT2D eigenvalue weighted by Crippen LogP contribution is 2.19. The van der Waals surface area contributed by atoms with Gasteiger partial charge in [-0.05, 0) is 54.4 Å². The number of carbonyl (C=O) groups excluding carboxylic acids is 1. The van der Waals surface area contributed by atoms with Crippen LogP contribution in [-0.2, 0) is 6.54 Å². The first-order chi connectivity index (χ1) is 12.7. The molecule has 0 atom stereocenters. The van der Waals surface area contributed by atoms with Crippen LogP contribution >= 0.6 is 0 Å². The lowest BCUT2D eigenvalue weighted by Gasteiger charge is -2.09. The van der Waals surface area contributed by atoms with Gasteiger partial charge in [0.25, 0.3) is 5.91 Å². The molecule has 3 rings (SSSR count). The second-order valence-electron chi connectivity index (χ2n) is 5.89. The number of nitrogens with zero attached hydrogens (tertiary/aromatic N) is 1. The van der Waals surface area contributed by atoms with E-state index in [1.54, 1.807) is 19.4 Å². The molecule has 0 unspecified atom stereocenters. The minimum absolute atomic E-state index is 0.191. The minimum atomic E-state index is -0.191. The van der Waals surface area contributed by atoms with Crippen LogP contribution in [-0.4, -0.2) is 18.0 Å². The monoisotopic (exact) mass is 347 g/mol. The van der Waals surface area contributed by atoms with E-state index in [2.05, 4.69) is 15.6 Å². The van der Waals surface area contributed by atoms with E-state index < -0.39 is 0 Å². The summed E-state index contributed by atoms with van der Waals surface area (Å²) in [5.41, 5.74) is 4.37. The predicted octanol–water partition coefficient (Wildman–Crippen LogP) is 4.07. The molecular weight excluding hydrogens is 326 g/mol. The van der Waals surface area contributed by atoms with Crippen molar-refractivity contribution in [2.24, 2.45) is 0 Å². The Kier molecular flexibility index (Phi) is 5.49. The van der Waals surface area contributed by atoms with E-state index in [1.165, 1.54) is 0 Å². The number of nitrogens with one attached hydrogen (secondary N) is 2. The van der Waals surface area contributed by atoms with Gasteiger partial charge in [0.1, 0.15) is 11.4 Å². The fraction of sp³-hybridized carbons (Fsp3) is 0.143. The summed E-state index contributed by atoms with van der Waals surface area (Å²) in [6, 6.07) is 19.1. The van der Waals surface area contributed by atoms with Gasteiger partial charge in [-0.2, -0.15) is 0 Å². The smallest absolute Gasteiger partial charge is 0.270 e. The van der Waals surface area contributed by atoms with Crippen LogP contribution in [0, 0.1) is 6.92 Å². The molecule has 0 aliphatic heterocycles. The summed E-state index contributed by atoms with van der Waals surface area (Å²) < 4.78 is 5.14. The maximum atomic E-state index is 12.3. The molecule has 2 N–H and O–H groups in total. The van der Waals surface area contributed by atoms with Crippen molar-refractivity contribution in [1.82, 2.24) is 10.3 Å². The Hall–Kier alpha value is -3.34. The van der Waals surface area contributed by atoms with E-state index >= 15 is 0 Å². The molecule has 0 spiro atoms. The van der Waals surface area contributed by atoms with Gasteiger partial charge in [-0.3, -0.25) is 4.79 Å². The van der Waals surface area contributed by atoms with Gasteiger partial charge in [0.2, 0.25) is 0 Å². The van der Waals surface area contributed by atoms with Gasteiger partial charge in [-0.15, -0.1) is 0 Å². The lowest BCUT2D eigenvalue weighted by Crippen LogP contribution is -2.24. The zero-order valence-corrected chi connectivity index (χ0v) is 14.8. The largest absolute Gasteiger partial charge is 0.497 e. The van der Waals surface area contributed by atoms with Crippen LogP contribution in [0.5, 0.6) is 5.75 Å². The minimum Gasteiger partial charge on any atom is -0.497 e. The van der Waals surface area contributed by atoms with E-state index in [0.717, 1.165) is 28.3 Å². The molecule has 2 aromatic carbocycles. The first kappa shape index (κ1) is 17.5. The molecule has 0 aliphatic carbocycles. The molecule has 3 aromatic rings. The number of hydrogen-bond acceptors (Lipinski definition) is 4. The molecule has 5 heteroatoms. The molecule has 0 bridgehead atoms. The fourth-order valence-corrected chi connectivity index (χ4v) is 2.52. The Labute approximate surface area is 153 Å². The Balaban J connectivity index is 1.59. The standard InChI is InChI=1S/C21H21N3O2/c1-15-5-3-4-6-16(15)13-23-21(25)20-12-9-18(14-22-20)24-17-7-10-19(26-2)11-8-17/h3-12,14,24H,13H2,1-2H3,(H,23,25). The van der Waals surface area contributed by atoms with Crippen LogP contribution in [0.2, 0.25) is 0 Å². The van der Waals surface area contributed by atoms with Gasteiger partial charge in [-0.25, -0.2) is 4.98 Å². The van der Waals surface area contributed by atoms with Crippen molar-refractivity contribution >= 4 is 17.3 Å². The van der Waals surface area contributed by atoms with Crippen LogP contribution in [0.1, 0.15) is 21.6 Å². The molecule has 0 radical (unpaired) electrons. The van der Waals surface area contributed by atoms with E-state index in [9.17, 15) is 4.79 Å². The Morgan fingerprint density at radius 3 is 2.38 bits per heavy atom. The number of ether oxygens (including phenoxy) is 1. The van der Waals surface area contributed by atoms with Gasteiger partial charge in [0.05, 0.1) is 19.0 Å². The number of hydrogen-bond donors (Lipinski definition) is 2. The first-order valence-electron chi connectivity index (χ1n) is 8.35. The van der Waals surface area contributed by atoms with Crippen molar-refractivity contribution in [3.8, 4) is 5.75 Å². The number of methoxy groups -OCH3 is 1. The second-order valence-corrected chi connectivity index (χ2v) is 5.89. The topological polar surface area (TPSA) is 63.2 Å². The van der Waals surface area contributed by atoms with E-state index in [4.69, 9.17) is 4.74 Å². The molecule has 132 valence electrons. The lowest BCUT2D eigenvalue weighted by atomic mass is 10.1. The third-order valence-corrected chi connectivity index (χ3v) is 4.08. The van der Waals surface area contributed by atoms with Crippen LogP contribution in [0.4, 0.5) is 11.4 Å². The zero-order chi connectivity index (χ0) is 18.4. The van der Waals surface area contributed by atoms with Crippen LogP contribution < -0.4 is 15.4 Å². The molecule has 1 heterocycles. The summed E-state index contributed by atoms with van der Waals surface area (Å²) in [5, 5.41) is 6.14. The number of amides is 1. The van der Waals surface area contributed by atoms with E-state index in [1.807, 2.05) is 61.5 Å². The van der Waals surface area contributed by atoms with Crippen molar-refractivity contribution in [1.29, 1.82) is 0 Å². The Bertz CT molecular complexity index is 875. The highest BCUT2D eigenvalue weighted by molar-refractivity contribution is 5.92. The highest BCUT2D eigenvalue weighted by Gasteiger charge is 2.08. The zero-order valence-electron chi connectivity index (χ0n) is 14.8. The SMILES string of the molecule is COc1ccc(Nc2ccc(C(=O)NCc3ccccc3C)nc2)cc1. The molecule has 26 heavy (non-hydrogen) atoms. The number of carbonyl (C=O) groups is 1. The Morgan fingerprint density at radius 2 is 1.73 bits per heavy atom. The van der Waals surface area contributed by atoms with Crippen LogP contribution in [0.3, 0.4) is 0 Å². The quantitative estimate of drug-likeness (QED) is 0.705. The summed E-state index contributed by atoms with van der Waals surface area (Å²) in [6.07, 6.45) is 1.65. The molecule has 1 aromatic heterocycles. The second kappa shape index (κ2) is 8.16. The number of aryl methyl sites for hydroxylation is 1. The number of rotatable bonds is 6. The van der Waals surface area contributed by atoms with Gasteiger partial charge in [-0.1, -0.05) is 24.3 Å². The summed E-state index contributed by atoms with van der Waals surface area (Å²) in [5.74, 6) is 0.610. The van der Waals surface area contributed by atoms with Gasteiger partial charge >= 0.3 is 0 Å². The normalized spacial score (nSPS) is 10.2. The van der Waals surface area contributed by atoms with Crippen molar-refractivity contribution in [2.45, 2.75) is 13.5 Å². The van der Waals surface area contributed by atoms with E-state index in [0.29, 0.717) is 12.2 Å². The van der Waals surface area contributed by atoms with Crippen LogP contribution in [0.25, 0.3) is 0 Å². The molecule has 0 saturated carbocycles. The van der Waals surface area contributed by atoms with Crippen molar-refractivity contribution in [3.63, 3.8) is 0 Å². The first-order valence-corrected chi connectivity index (χ1v) is 8.35. The molecule has 5 nitrogen and oxygen atoms in total. The molecule has 0 saturated heterocycles. The maximum absolute atomic E-state index is 12.3. The molecular formula is C21H21N3O2. The number of anilines is 2. The summed E-state index contributed by atoms with van der Waals surface area (Å²) in [7, 11) is 1.63. The highest BCUT2D eigenvalue weighted by atomic mass is 16.5. The molecule has 1 amide bonds. The van der Waals surface area contributed by atoms with Gasteiger partial charge < -0.3 is 15.4 Å². The summed E-state index contributed by atoms with van der Waals surface area (Å²) in [6.45, 7) is 2.51. The average molecular weight is 347 g/mol. The lowest BCUT2D eigenvalue weighted by molar-refractivity contribution is 0.0946. The maximum Gasteiger partial charge on any atom is 0.270 e. The third-order valence-electron chi connectivity index (χ3n) is 4.08. The number of aromatic nitrogens is 1. The van der Waals surface area contributed by atoms with E-state index in [-0.39, 0.29) is 5.91 Å². The summed E-state index contributed by atoms with van der Waals surface area (Å²) in [4.78, 5) is 16.5. The van der Waals surface area contributed by atoms with Gasteiger partial charge in [0.15, 0.2) is 0 Å². The third kappa shape index (κ3) is 4.39. The van der Waals surface area contributed by atoms with Crippen molar-refractivity contribution < 1.29 is 9.53 Å². The average Bonchev–Trinajstić information content (AvgIpc) is 2.68. The van der Waals surface area contributed by atoms with Gasteiger partial charge in [0, 0.05) is 12.2 Å².